The molecule has 1 saturated carbocycles. The van der Waals surface area contributed by atoms with Gasteiger partial charge in [0.1, 0.15) is 5.75 Å². The van der Waals surface area contributed by atoms with Gasteiger partial charge in [0, 0.05) is 35.7 Å². The Bertz CT molecular complexity index is 1060. The summed E-state index contributed by atoms with van der Waals surface area (Å²) in [4.78, 5) is 28.1. The van der Waals surface area contributed by atoms with Crippen LogP contribution in [0.5, 0.6) is 5.75 Å². The van der Waals surface area contributed by atoms with Crippen molar-refractivity contribution in [2.24, 2.45) is 11.8 Å². The lowest BCUT2D eigenvalue weighted by Gasteiger charge is -2.26. The second-order valence-electron chi connectivity index (χ2n) is 8.86. The monoisotopic (exact) mass is 504 g/mol. The van der Waals surface area contributed by atoms with Gasteiger partial charge in [0.15, 0.2) is 0 Å². The number of allylic oxidation sites excluding steroid dienone is 1. The number of benzene rings is 1. The van der Waals surface area contributed by atoms with Gasteiger partial charge in [-0.2, -0.15) is 0 Å². The Labute approximate surface area is 210 Å². The molecule has 0 bridgehead atoms. The van der Waals surface area contributed by atoms with Crippen LogP contribution in [0.2, 0.25) is 10.0 Å². The summed E-state index contributed by atoms with van der Waals surface area (Å²) >= 11 is 12.6. The largest absolute Gasteiger partial charge is 0.496 e. The number of carboxylic acid groups (broad SMARTS) is 1. The van der Waals surface area contributed by atoms with Gasteiger partial charge < -0.3 is 15.2 Å². The predicted molar refractivity (Wildman–Crippen MR) is 134 cm³/mol. The number of amides is 1. The van der Waals surface area contributed by atoms with Crippen molar-refractivity contribution in [2.75, 3.05) is 13.7 Å². The molecule has 0 aliphatic heterocycles. The zero-order valence-electron chi connectivity index (χ0n) is 19.4. The number of aromatic nitrogens is 1. The van der Waals surface area contributed by atoms with E-state index in [1.165, 1.54) is 6.20 Å². The minimum absolute atomic E-state index is 0.0364. The molecule has 1 atom stereocenters. The summed E-state index contributed by atoms with van der Waals surface area (Å²) < 4.78 is 5.46. The molecule has 1 aliphatic rings. The third-order valence-electron chi connectivity index (χ3n) is 6.59. The Morgan fingerprint density at radius 2 is 1.94 bits per heavy atom. The lowest BCUT2D eigenvalue weighted by Crippen LogP contribution is -2.32. The van der Waals surface area contributed by atoms with E-state index in [1.54, 1.807) is 19.2 Å². The van der Waals surface area contributed by atoms with Gasteiger partial charge in [-0.1, -0.05) is 42.3 Å². The van der Waals surface area contributed by atoms with Crippen LogP contribution in [0.25, 0.3) is 0 Å². The number of ether oxygens (including phenoxy) is 1. The van der Waals surface area contributed by atoms with Crippen LogP contribution < -0.4 is 10.1 Å². The minimum atomic E-state index is -0.730. The number of halogens is 2. The van der Waals surface area contributed by atoms with E-state index < -0.39 is 5.97 Å². The van der Waals surface area contributed by atoms with Crippen LogP contribution in [-0.4, -0.2) is 35.6 Å². The van der Waals surface area contributed by atoms with Gasteiger partial charge in [-0.25, -0.2) is 0 Å². The molecular formula is C26H30Cl2N2O4. The molecule has 0 saturated heterocycles. The number of hydrogen-bond acceptors (Lipinski definition) is 4. The van der Waals surface area contributed by atoms with Crippen molar-refractivity contribution in [1.29, 1.82) is 0 Å². The first-order chi connectivity index (χ1) is 16.2. The van der Waals surface area contributed by atoms with E-state index in [1.807, 2.05) is 19.1 Å². The molecule has 1 aliphatic carbocycles. The number of methoxy groups -OCH3 is 1. The molecule has 0 spiro atoms. The van der Waals surface area contributed by atoms with Gasteiger partial charge in [0.25, 0.3) is 5.91 Å². The van der Waals surface area contributed by atoms with Gasteiger partial charge in [-0.05, 0) is 55.9 Å². The molecule has 0 unspecified atom stereocenters. The highest BCUT2D eigenvalue weighted by molar-refractivity contribution is 6.31. The SMILES string of the molecule is C=C(Cc1ncc(C(=O)NC[C@H]2CC[C@H](C(=O)O)CC2)cc1Cl)[C@H](C)c1cc(Cl)ccc1OC. The maximum Gasteiger partial charge on any atom is 0.306 e. The van der Waals surface area contributed by atoms with Crippen molar-refractivity contribution >= 4 is 35.1 Å². The van der Waals surface area contributed by atoms with Gasteiger partial charge >= 0.3 is 5.97 Å². The van der Waals surface area contributed by atoms with Crippen molar-refractivity contribution in [1.82, 2.24) is 10.3 Å². The highest BCUT2D eigenvalue weighted by Crippen LogP contribution is 2.35. The summed E-state index contributed by atoms with van der Waals surface area (Å²) in [5.74, 6) is -0.244. The van der Waals surface area contributed by atoms with Crippen molar-refractivity contribution in [2.45, 2.75) is 44.9 Å². The number of carbonyl (C=O) groups excluding carboxylic acids is 1. The van der Waals surface area contributed by atoms with Crippen molar-refractivity contribution in [3.8, 4) is 5.75 Å². The van der Waals surface area contributed by atoms with E-state index in [9.17, 15) is 9.59 Å². The maximum atomic E-state index is 12.6. The molecule has 0 radical (unpaired) electrons. The van der Waals surface area contributed by atoms with Crippen LogP contribution in [0.15, 0.2) is 42.6 Å². The highest BCUT2D eigenvalue weighted by Gasteiger charge is 2.26. The van der Waals surface area contributed by atoms with Gasteiger partial charge in [0.2, 0.25) is 0 Å². The number of rotatable bonds is 9. The first-order valence-electron chi connectivity index (χ1n) is 11.4. The number of pyridine rings is 1. The molecule has 182 valence electrons. The average Bonchev–Trinajstić information content (AvgIpc) is 2.83. The van der Waals surface area contributed by atoms with Crippen LogP contribution in [0.4, 0.5) is 0 Å². The van der Waals surface area contributed by atoms with Crippen molar-refractivity contribution in [3.63, 3.8) is 0 Å². The topological polar surface area (TPSA) is 88.5 Å². The van der Waals surface area contributed by atoms with E-state index >= 15 is 0 Å². The number of hydrogen-bond donors (Lipinski definition) is 2. The fourth-order valence-corrected chi connectivity index (χ4v) is 4.72. The molecular weight excluding hydrogens is 475 g/mol. The fourth-order valence-electron chi connectivity index (χ4n) is 4.30. The van der Waals surface area contributed by atoms with Crippen LogP contribution in [-0.2, 0) is 11.2 Å². The molecule has 1 fully saturated rings. The summed E-state index contributed by atoms with van der Waals surface area (Å²) in [5.41, 5.74) is 2.86. The molecule has 2 N–H and O–H groups in total. The standard InChI is InChI=1S/C26H30Cl2N2O4/c1-15(16(2)21-12-20(27)8-9-24(21)34-3)10-23-22(28)11-19(14-29-23)25(31)30-13-17-4-6-18(7-5-17)26(32)33/h8-9,11-12,14,16-18H,1,4-7,10,13H2,2-3H3,(H,30,31)(H,32,33)/t16-,17-,18-/m0/s1. The van der Waals surface area contributed by atoms with E-state index in [2.05, 4.69) is 16.9 Å². The van der Waals surface area contributed by atoms with Crippen molar-refractivity contribution < 1.29 is 19.4 Å². The Morgan fingerprint density at radius 3 is 2.56 bits per heavy atom. The number of nitrogens with zero attached hydrogens (tertiary/aromatic N) is 1. The summed E-state index contributed by atoms with van der Waals surface area (Å²) in [7, 11) is 1.62. The Balaban J connectivity index is 1.58. The lowest BCUT2D eigenvalue weighted by atomic mass is 9.82. The van der Waals surface area contributed by atoms with Gasteiger partial charge in [0.05, 0.1) is 29.3 Å². The summed E-state index contributed by atoms with van der Waals surface area (Å²) in [6.07, 6.45) is 4.88. The molecule has 6 nitrogen and oxygen atoms in total. The Kier molecular flexibility index (Phi) is 8.97. The normalized spacial score (nSPS) is 18.7. The predicted octanol–water partition coefficient (Wildman–Crippen LogP) is 5.92. The quantitative estimate of drug-likeness (QED) is 0.413. The summed E-state index contributed by atoms with van der Waals surface area (Å²) in [6, 6.07) is 7.10. The molecule has 1 aromatic carbocycles. The zero-order valence-corrected chi connectivity index (χ0v) is 21.0. The first kappa shape index (κ1) is 26.0. The average molecular weight is 505 g/mol. The minimum Gasteiger partial charge on any atom is -0.496 e. The lowest BCUT2D eigenvalue weighted by molar-refractivity contribution is -0.143. The van der Waals surface area contributed by atoms with E-state index in [0.717, 1.165) is 29.7 Å². The number of carboxylic acids is 1. The van der Waals surface area contributed by atoms with Crippen LogP contribution in [0.3, 0.4) is 0 Å². The fraction of sp³-hybridized carbons (Fsp3) is 0.423. The molecule has 34 heavy (non-hydrogen) atoms. The van der Waals surface area contributed by atoms with E-state index in [-0.39, 0.29) is 23.7 Å². The molecule has 8 heteroatoms. The highest BCUT2D eigenvalue weighted by atomic mass is 35.5. The first-order valence-corrected chi connectivity index (χ1v) is 12.1. The molecule has 1 aromatic heterocycles. The second kappa shape index (κ2) is 11.7. The smallest absolute Gasteiger partial charge is 0.306 e. The van der Waals surface area contributed by atoms with E-state index in [0.29, 0.717) is 47.1 Å². The zero-order chi connectivity index (χ0) is 24.8. The third-order valence-corrected chi connectivity index (χ3v) is 7.15. The number of aliphatic carboxylic acids is 1. The maximum absolute atomic E-state index is 12.6. The number of carbonyl (C=O) groups is 2. The van der Waals surface area contributed by atoms with Gasteiger partial charge in [-0.3, -0.25) is 14.6 Å². The van der Waals surface area contributed by atoms with Crippen molar-refractivity contribution in [3.05, 3.63) is 69.5 Å². The van der Waals surface area contributed by atoms with Crippen LogP contribution in [0.1, 0.15) is 60.1 Å². The molecule has 1 amide bonds. The molecule has 2 aromatic rings. The summed E-state index contributed by atoms with van der Waals surface area (Å²) in [6.45, 7) is 6.75. The Hall–Kier alpha value is -2.57. The summed E-state index contributed by atoms with van der Waals surface area (Å²) in [5, 5.41) is 13.1. The third kappa shape index (κ3) is 6.51. The van der Waals surface area contributed by atoms with Gasteiger partial charge in [-0.15, -0.1) is 0 Å². The second-order valence-corrected chi connectivity index (χ2v) is 9.71. The number of nitrogens with one attached hydrogen (secondary N) is 1. The molecule has 1 heterocycles. The molecule has 3 rings (SSSR count). The van der Waals surface area contributed by atoms with Crippen LogP contribution >= 0.6 is 23.2 Å². The van der Waals surface area contributed by atoms with E-state index in [4.69, 9.17) is 33.0 Å². The Morgan fingerprint density at radius 1 is 1.24 bits per heavy atom. The van der Waals surface area contributed by atoms with Crippen LogP contribution in [0, 0.1) is 11.8 Å².